The van der Waals surface area contributed by atoms with E-state index in [0.717, 1.165) is 42.4 Å². The summed E-state index contributed by atoms with van der Waals surface area (Å²) in [4.78, 5) is 1.91. The van der Waals surface area contributed by atoms with E-state index in [1.54, 1.807) is 0 Å². The summed E-state index contributed by atoms with van der Waals surface area (Å²) in [5.74, 6) is 0. The Morgan fingerprint density at radius 2 is 1.82 bits per heavy atom. The van der Waals surface area contributed by atoms with Gasteiger partial charge in [-0.05, 0) is 48.8 Å². The molecule has 8 heteroatoms. The number of rotatable bonds is 8. The minimum Gasteiger partial charge on any atom is -0.381 e. The van der Waals surface area contributed by atoms with Gasteiger partial charge in [-0.15, -0.1) is 0 Å². The SMILES string of the molecule is CS(=O)(=O)NC1CCCN(C(O)OC2CCOCC2)C1Cc1cccc(-c2ccccc2)c1. The van der Waals surface area contributed by atoms with Crippen LogP contribution in [0.1, 0.15) is 31.2 Å². The Hall–Kier alpha value is -1.81. The molecule has 2 aromatic rings. The summed E-state index contributed by atoms with van der Waals surface area (Å²) >= 11 is 0. The molecule has 2 N–H and O–H groups in total. The highest BCUT2D eigenvalue weighted by molar-refractivity contribution is 7.88. The number of nitrogens with one attached hydrogen (secondary N) is 1. The van der Waals surface area contributed by atoms with Gasteiger partial charge in [-0.3, -0.25) is 4.90 Å². The van der Waals surface area contributed by atoms with Gasteiger partial charge >= 0.3 is 0 Å². The number of piperidine rings is 1. The van der Waals surface area contributed by atoms with Gasteiger partial charge in [0.1, 0.15) is 0 Å². The first kappa shape index (κ1) is 24.3. The van der Waals surface area contributed by atoms with Crippen molar-refractivity contribution in [1.29, 1.82) is 0 Å². The molecule has 2 fully saturated rings. The normalized spacial score (nSPS) is 23.9. The standard InChI is InChI=1S/C25H34N2O5S/c1-33(29,30)26-23-11-6-14-27(25(28)32-22-12-15-31-16-13-22)24(23)18-19-7-5-10-21(17-19)20-8-3-2-4-9-20/h2-5,7-10,17,22-26,28H,6,11-16,18H2,1H3. The highest BCUT2D eigenvalue weighted by atomic mass is 32.2. The second-order valence-electron chi connectivity index (χ2n) is 8.99. The molecule has 0 spiro atoms. The van der Waals surface area contributed by atoms with Crippen molar-refractivity contribution in [3.63, 3.8) is 0 Å². The molecule has 7 nitrogen and oxygen atoms in total. The minimum atomic E-state index is -3.39. The maximum atomic E-state index is 12.1. The monoisotopic (exact) mass is 474 g/mol. The average Bonchev–Trinajstić information content (AvgIpc) is 2.80. The molecule has 0 aliphatic carbocycles. The molecular formula is C25H34N2O5S. The second kappa shape index (κ2) is 11.1. The lowest BCUT2D eigenvalue weighted by Gasteiger charge is -2.44. The Bertz CT molecular complexity index is 995. The van der Waals surface area contributed by atoms with Crippen LogP contribution in [0.5, 0.6) is 0 Å². The zero-order valence-electron chi connectivity index (χ0n) is 19.1. The molecule has 3 atom stereocenters. The van der Waals surface area contributed by atoms with Crippen molar-refractivity contribution >= 4 is 10.0 Å². The molecule has 4 rings (SSSR count). The summed E-state index contributed by atoms with van der Waals surface area (Å²) in [7, 11) is -3.39. The maximum Gasteiger partial charge on any atom is 0.216 e. The molecule has 180 valence electrons. The Morgan fingerprint density at radius 3 is 2.55 bits per heavy atom. The first-order valence-electron chi connectivity index (χ1n) is 11.7. The van der Waals surface area contributed by atoms with Crippen LogP contribution >= 0.6 is 0 Å². The first-order valence-corrected chi connectivity index (χ1v) is 13.6. The van der Waals surface area contributed by atoms with Gasteiger partial charge in [0.25, 0.3) is 0 Å². The molecule has 0 saturated carbocycles. The smallest absolute Gasteiger partial charge is 0.216 e. The topological polar surface area (TPSA) is 88.1 Å². The van der Waals surface area contributed by atoms with Gasteiger partial charge in [0.05, 0.1) is 12.4 Å². The third-order valence-corrected chi connectivity index (χ3v) is 7.16. The van der Waals surface area contributed by atoms with E-state index in [4.69, 9.17) is 9.47 Å². The van der Waals surface area contributed by atoms with E-state index >= 15 is 0 Å². The number of ether oxygens (including phenoxy) is 2. The van der Waals surface area contributed by atoms with E-state index in [1.807, 2.05) is 29.2 Å². The number of sulfonamides is 1. The lowest BCUT2D eigenvalue weighted by atomic mass is 9.90. The lowest BCUT2D eigenvalue weighted by molar-refractivity contribution is -0.244. The predicted molar refractivity (Wildman–Crippen MR) is 128 cm³/mol. The summed E-state index contributed by atoms with van der Waals surface area (Å²) in [6, 6.07) is 17.9. The summed E-state index contributed by atoms with van der Waals surface area (Å²) in [6.07, 6.45) is 3.65. The van der Waals surface area contributed by atoms with Gasteiger partial charge in [0, 0.05) is 31.8 Å². The molecule has 0 radical (unpaired) electrons. The molecule has 2 aromatic carbocycles. The summed E-state index contributed by atoms with van der Waals surface area (Å²) < 4.78 is 38.4. The van der Waals surface area contributed by atoms with Crippen LogP contribution < -0.4 is 4.72 Å². The molecule has 2 heterocycles. The number of hydrogen-bond donors (Lipinski definition) is 2. The second-order valence-corrected chi connectivity index (χ2v) is 10.8. The van der Waals surface area contributed by atoms with Crippen LogP contribution in [0.15, 0.2) is 54.6 Å². The number of nitrogens with zero attached hydrogens (tertiary/aromatic N) is 1. The fourth-order valence-corrected chi connectivity index (χ4v) is 5.67. The fraction of sp³-hybridized carbons (Fsp3) is 0.520. The predicted octanol–water partition coefficient (Wildman–Crippen LogP) is 2.75. The van der Waals surface area contributed by atoms with Crippen molar-refractivity contribution in [1.82, 2.24) is 9.62 Å². The Balaban J connectivity index is 1.56. The van der Waals surface area contributed by atoms with Crippen molar-refractivity contribution in [2.45, 2.75) is 56.7 Å². The molecule has 0 bridgehead atoms. The Labute approximate surface area is 196 Å². The third-order valence-electron chi connectivity index (χ3n) is 6.43. The Morgan fingerprint density at radius 1 is 1.09 bits per heavy atom. The van der Waals surface area contributed by atoms with Gasteiger partial charge in [-0.1, -0.05) is 54.6 Å². The largest absolute Gasteiger partial charge is 0.381 e. The fourth-order valence-electron chi connectivity index (χ4n) is 4.84. The maximum absolute atomic E-state index is 12.1. The first-order chi connectivity index (χ1) is 15.9. The number of aliphatic hydroxyl groups excluding tert-OH is 1. The van der Waals surface area contributed by atoms with Crippen LogP contribution in [0.25, 0.3) is 11.1 Å². The minimum absolute atomic E-state index is 0.0564. The van der Waals surface area contributed by atoms with Crippen molar-refractivity contribution < 1.29 is 23.0 Å². The van der Waals surface area contributed by atoms with E-state index in [2.05, 4.69) is 35.1 Å². The van der Waals surface area contributed by atoms with Crippen LogP contribution in [0.3, 0.4) is 0 Å². The van der Waals surface area contributed by atoms with Crippen LogP contribution in [0.4, 0.5) is 0 Å². The van der Waals surface area contributed by atoms with E-state index in [9.17, 15) is 13.5 Å². The van der Waals surface area contributed by atoms with Crippen molar-refractivity contribution in [3.8, 4) is 11.1 Å². The van der Waals surface area contributed by atoms with Gasteiger partial charge in [0.15, 0.2) is 0 Å². The Kier molecular flexibility index (Phi) is 8.16. The quantitative estimate of drug-likeness (QED) is 0.572. The zero-order chi connectivity index (χ0) is 23.3. The zero-order valence-corrected chi connectivity index (χ0v) is 19.9. The summed E-state index contributed by atoms with van der Waals surface area (Å²) in [6.45, 7) is 1.91. The molecular weight excluding hydrogens is 440 g/mol. The number of hydrogen-bond acceptors (Lipinski definition) is 6. The molecule has 0 aromatic heterocycles. The average molecular weight is 475 g/mol. The highest BCUT2D eigenvalue weighted by Gasteiger charge is 2.37. The molecule has 33 heavy (non-hydrogen) atoms. The van der Waals surface area contributed by atoms with Crippen molar-refractivity contribution in [2.24, 2.45) is 0 Å². The van der Waals surface area contributed by atoms with Gasteiger partial charge in [-0.2, -0.15) is 0 Å². The van der Waals surface area contributed by atoms with E-state index in [0.29, 0.717) is 26.2 Å². The molecule has 0 amide bonds. The van der Waals surface area contributed by atoms with E-state index in [1.165, 1.54) is 6.26 Å². The third kappa shape index (κ3) is 6.85. The molecule has 2 aliphatic rings. The lowest BCUT2D eigenvalue weighted by Crippen LogP contribution is -2.59. The number of aliphatic hydroxyl groups is 1. The number of benzene rings is 2. The van der Waals surface area contributed by atoms with Crippen molar-refractivity contribution in [3.05, 3.63) is 60.2 Å². The van der Waals surface area contributed by atoms with Crippen LogP contribution in [0.2, 0.25) is 0 Å². The van der Waals surface area contributed by atoms with Crippen LogP contribution in [-0.4, -0.2) is 69.0 Å². The molecule has 2 aliphatic heterocycles. The van der Waals surface area contributed by atoms with Gasteiger partial charge in [-0.25, -0.2) is 13.1 Å². The van der Waals surface area contributed by atoms with Crippen LogP contribution in [0, 0.1) is 0 Å². The summed E-state index contributed by atoms with van der Waals surface area (Å²) in [5, 5.41) is 11.0. The number of likely N-dealkylation sites (tertiary alicyclic amines) is 1. The van der Waals surface area contributed by atoms with Gasteiger partial charge < -0.3 is 14.6 Å². The van der Waals surface area contributed by atoms with E-state index < -0.39 is 16.4 Å². The highest BCUT2D eigenvalue weighted by Crippen LogP contribution is 2.27. The van der Waals surface area contributed by atoms with E-state index in [-0.39, 0.29) is 18.2 Å². The summed E-state index contributed by atoms with van der Waals surface area (Å²) in [5.41, 5.74) is 3.34. The van der Waals surface area contributed by atoms with Crippen LogP contribution in [-0.2, 0) is 25.9 Å². The van der Waals surface area contributed by atoms with Crippen molar-refractivity contribution in [2.75, 3.05) is 26.0 Å². The molecule has 3 unspecified atom stereocenters. The van der Waals surface area contributed by atoms with Gasteiger partial charge in [0.2, 0.25) is 16.4 Å². The molecule has 2 saturated heterocycles.